The summed E-state index contributed by atoms with van der Waals surface area (Å²) in [6.07, 6.45) is 8.09. The molecular weight excluding hydrogens is 112 g/mol. The lowest BCUT2D eigenvalue weighted by Crippen LogP contribution is -2.11. The van der Waals surface area contributed by atoms with Crippen molar-refractivity contribution < 1.29 is 5.11 Å². The van der Waals surface area contributed by atoms with Gasteiger partial charge in [-0.05, 0) is 6.92 Å². The van der Waals surface area contributed by atoms with E-state index in [9.17, 15) is 0 Å². The van der Waals surface area contributed by atoms with Crippen molar-refractivity contribution in [1.82, 2.24) is 0 Å². The lowest BCUT2D eigenvalue weighted by Gasteiger charge is -2.06. The summed E-state index contributed by atoms with van der Waals surface area (Å²) >= 11 is 0. The molecule has 0 spiro atoms. The fraction of sp³-hybridized carbons (Fsp3) is 0.500. The van der Waals surface area contributed by atoms with E-state index in [1.807, 2.05) is 26.0 Å². The Balaban J connectivity index is 3.75. The van der Waals surface area contributed by atoms with Crippen LogP contribution in [0.15, 0.2) is 12.2 Å². The van der Waals surface area contributed by atoms with Gasteiger partial charge >= 0.3 is 0 Å². The molecule has 2 unspecified atom stereocenters. The molecule has 0 amide bonds. The van der Waals surface area contributed by atoms with Crippen LogP contribution in [0.3, 0.4) is 0 Å². The molecule has 1 heteroatoms. The molecule has 2 atom stereocenters. The molecule has 50 valence electrons. The number of allylic oxidation sites excluding steroid dienone is 1. The smallest absolute Gasteiger partial charge is 0.120 e. The summed E-state index contributed by atoms with van der Waals surface area (Å²) in [6.45, 7) is 3.78. The average Bonchev–Trinajstić information content (AvgIpc) is 1.87. The largest absolute Gasteiger partial charge is 0.380 e. The Kier molecular flexibility index (Phi) is 3.83. The van der Waals surface area contributed by atoms with E-state index in [4.69, 9.17) is 11.5 Å². The van der Waals surface area contributed by atoms with E-state index in [1.54, 1.807) is 0 Å². The molecule has 9 heavy (non-hydrogen) atoms. The van der Waals surface area contributed by atoms with Gasteiger partial charge in [-0.25, -0.2) is 0 Å². The summed E-state index contributed by atoms with van der Waals surface area (Å²) in [5.41, 5.74) is 0. The predicted molar refractivity (Wildman–Crippen MR) is 38.8 cm³/mol. The van der Waals surface area contributed by atoms with Crippen LogP contribution < -0.4 is 0 Å². The van der Waals surface area contributed by atoms with Gasteiger partial charge in [0.2, 0.25) is 0 Å². The zero-order chi connectivity index (χ0) is 7.28. The number of aliphatic hydroxyl groups is 1. The summed E-state index contributed by atoms with van der Waals surface area (Å²) in [5.74, 6) is 2.32. The highest BCUT2D eigenvalue weighted by Crippen LogP contribution is 2.02. The highest BCUT2D eigenvalue weighted by molar-refractivity contribution is 5.01. The number of hydrogen-bond acceptors (Lipinski definition) is 1. The lowest BCUT2D eigenvalue weighted by atomic mass is 10.1. The first-order chi connectivity index (χ1) is 4.22. The molecule has 0 heterocycles. The predicted octanol–water partition coefficient (Wildman–Crippen LogP) is 1.19. The summed E-state index contributed by atoms with van der Waals surface area (Å²) < 4.78 is 0. The topological polar surface area (TPSA) is 20.2 Å². The number of aliphatic hydroxyl groups excluding tert-OH is 1. The molecule has 0 aromatic heterocycles. The van der Waals surface area contributed by atoms with Crippen LogP contribution in [-0.2, 0) is 0 Å². The fourth-order valence-corrected chi connectivity index (χ4v) is 0.561. The minimum absolute atomic E-state index is 0.0694. The van der Waals surface area contributed by atoms with Gasteiger partial charge in [-0.1, -0.05) is 25.0 Å². The van der Waals surface area contributed by atoms with Crippen molar-refractivity contribution in [3.05, 3.63) is 12.2 Å². The molecular formula is C8H12O. The van der Waals surface area contributed by atoms with Gasteiger partial charge in [0.25, 0.3) is 0 Å². The monoisotopic (exact) mass is 124 g/mol. The van der Waals surface area contributed by atoms with Gasteiger partial charge in [0, 0.05) is 5.92 Å². The second kappa shape index (κ2) is 4.17. The maximum absolute atomic E-state index is 8.97. The molecule has 0 saturated carbocycles. The van der Waals surface area contributed by atoms with Crippen LogP contribution in [0, 0.1) is 18.3 Å². The maximum atomic E-state index is 8.97. The average molecular weight is 124 g/mol. The van der Waals surface area contributed by atoms with Crippen molar-refractivity contribution >= 4 is 0 Å². The van der Waals surface area contributed by atoms with E-state index in [1.165, 1.54) is 0 Å². The molecule has 0 aromatic rings. The summed E-state index contributed by atoms with van der Waals surface area (Å²) in [4.78, 5) is 0. The summed E-state index contributed by atoms with van der Waals surface area (Å²) in [5, 5.41) is 8.97. The van der Waals surface area contributed by atoms with Crippen LogP contribution >= 0.6 is 0 Å². The van der Waals surface area contributed by atoms with Gasteiger partial charge in [0.15, 0.2) is 0 Å². The molecule has 0 bridgehead atoms. The standard InChI is InChI=1S/C8H12O/c1-4-6-7(3)8(9)5-2/h2,4,6-9H,1,3H3. The Labute approximate surface area is 56.4 Å². The SMILES string of the molecule is C#CC(O)C(C)C=CC. The van der Waals surface area contributed by atoms with Gasteiger partial charge in [0.1, 0.15) is 6.10 Å². The van der Waals surface area contributed by atoms with Gasteiger partial charge in [0.05, 0.1) is 0 Å². The molecule has 0 aliphatic heterocycles. The molecule has 1 N–H and O–H groups in total. The Morgan fingerprint density at radius 3 is 2.56 bits per heavy atom. The van der Waals surface area contributed by atoms with E-state index in [2.05, 4.69) is 5.92 Å². The maximum Gasteiger partial charge on any atom is 0.120 e. The zero-order valence-corrected chi connectivity index (χ0v) is 5.83. The Morgan fingerprint density at radius 2 is 2.22 bits per heavy atom. The van der Waals surface area contributed by atoms with Crippen LogP contribution in [-0.4, -0.2) is 11.2 Å². The van der Waals surface area contributed by atoms with Crippen molar-refractivity contribution in [3.63, 3.8) is 0 Å². The second-order valence-corrected chi connectivity index (χ2v) is 2.00. The molecule has 1 nitrogen and oxygen atoms in total. The minimum Gasteiger partial charge on any atom is -0.380 e. The quantitative estimate of drug-likeness (QED) is 0.433. The van der Waals surface area contributed by atoms with E-state index in [0.29, 0.717) is 0 Å². The molecule has 0 aromatic carbocycles. The molecule has 0 saturated heterocycles. The number of hydrogen-bond donors (Lipinski definition) is 1. The first-order valence-corrected chi connectivity index (χ1v) is 2.99. The van der Waals surface area contributed by atoms with E-state index < -0.39 is 6.10 Å². The lowest BCUT2D eigenvalue weighted by molar-refractivity contribution is 0.195. The first-order valence-electron chi connectivity index (χ1n) is 2.99. The van der Waals surface area contributed by atoms with Crippen LogP contribution in [0.25, 0.3) is 0 Å². The normalized spacial score (nSPS) is 17.1. The van der Waals surface area contributed by atoms with Crippen molar-refractivity contribution in [1.29, 1.82) is 0 Å². The molecule has 0 aliphatic carbocycles. The highest BCUT2D eigenvalue weighted by atomic mass is 16.3. The molecule has 0 aliphatic rings. The third-order valence-electron chi connectivity index (χ3n) is 1.16. The van der Waals surface area contributed by atoms with Crippen molar-refractivity contribution in [2.75, 3.05) is 0 Å². The third kappa shape index (κ3) is 2.94. The molecule has 0 fully saturated rings. The van der Waals surface area contributed by atoms with Crippen molar-refractivity contribution in [3.8, 4) is 12.3 Å². The van der Waals surface area contributed by atoms with E-state index >= 15 is 0 Å². The Bertz CT molecular complexity index is 130. The van der Waals surface area contributed by atoms with Gasteiger partial charge in [-0.2, -0.15) is 0 Å². The van der Waals surface area contributed by atoms with E-state index in [0.717, 1.165) is 0 Å². The fourth-order valence-electron chi connectivity index (χ4n) is 0.561. The van der Waals surface area contributed by atoms with Crippen LogP contribution in [0.2, 0.25) is 0 Å². The summed E-state index contributed by atoms with van der Waals surface area (Å²) in [6, 6.07) is 0. The minimum atomic E-state index is -0.638. The molecule has 0 radical (unpaired) electrons. The second-order valence-electron chi connectivity index (χ2n) is 2.00. The van der Waals surface area contributed by atoms with Crippen LogP contribution in [0.1, 0.15) is 13.8 Å². The highest BCUT2D eigenvalue weighted by Gasteiger charge is 2.04. The van der Waals surface area contributed by atoms with Gasteiger partial charge < -0.3 is 5.11 Å². The van der Waals surface area contributed by atoms with Crippen molar-refractivity contribution in [2.45, 2.75) is 20.0 Å². The van der Waals surface area contributed by atoms with Crippen LogP contribution in [0.5, 0.6) is 0 Å². The van der Waals surface area contributed by atoms with Gasteiger partial charge in [-0.3, -0.25) is 0 Å². The summed E-state index contributed by atoms with van der Waals surface area (Å²) in [7, 11) is 0. The Hall–Kier alpha value is -0.740. The molecule has 0 rings (SSSR count). The third-order valence-corrected chi connectivity index (χ3v) is 1.16. The number of terminal acetylenes is 1. The van der Waals surface area contributed by atoms with Crippen molar-refractivity contribution in [2.24, 2.45) is 5.92 Å². The van der Waals surface area contributed by atoms with Gasteiger partial charge in [-0.15, -0.1) is 6.42 Å². The van der Waals surface area contributed by atoms with Crippen LogP contribution in [0.4, 0.5) is 0 Å². The number of rotatable bonds is 2. The first kappa shape index (κ1) is 8.26. The Morgan fingerprint density at radius 1 is 1.67 bits per heavy atom. The zero-order valence-electron chi connectivity index (χ0n) is 5.83. The van der Waals surface area contributed by atoms with E-state index in [-0.39, 0.29) is 5.92 Å².